The number of ether oxygens (including phenoxy) is 1. The predicted molar refractivity (Wildman–Crippen MR) is 37.9 cm³/mol. The van der Waals surface area contributed by atoms with Gasteiger partial charge in [0.25, 0.3) is 0 Å². The van der Waals surface area contributed by atoms with Gasteiger partial charge in [-0.15, -0.1) is 0 Å². The van der Waals surface area contributed by atoms with Crippen molar-refractivity contribution >= 4 is 5.97 Å². The molecule has 0 aliphatic carbocycles. The van der Waals surface area contributed by atoms with E-state index < -0.39 is 12.1 Å². The van der Waals surface area contributed by atoms with Crippen LogP contribution in [0.2, 0.25) is 0 Å². The summed E-state index contributed by atoms with van der Waals surface area (Å²) in [6, 6.07) is 0. The first-order chi connectivity index (χ1) is 4.72. The van der Waals surface area contributed by atoms with E-state index >= 15 is 0 Å². The van der Waals surface area contributed by atoms with Crippen LogP contribution in [0.3, 0.4) is 0 Å². The van der Waals surface area contributed by atoms with Gasteiger partial charge in [-0.2, -0.15) is 0 Å². The lowest BCUT2D eigenvalue weighted by atomic mass is 10.2. The molecule has 1 atom stereocenters. The number of carbonyl (C=O) groups is 1. The van der Waals surface area contributed by atoms with Crippen LogP contribution < -0.4 is 0 Å². The van der Waals surface area contributed by atoms with Crippen molar-refractivity contribution in [2.45, 2.75) is 19.4 Å². The smallest absolute Gasteiger partial charge is 0.333 e. The molecule has 0 aromatic rings. The van der Waals surface area contributed by atoms with E-state index in [1.54, 1.807) is 12.2 Å². The minimum absolute atomic E-state index is 0.433. The third-order valence-electron chi connectivity index (χ3n) is 1.15. The molecule has 0 aliphatic heterocycles. The van der Waals surface area contributed by atoms with Gasteiger partial charge in [0.1, 0.15) is 0 Å². The first-order valence-corrected chi connectivity index (χ1v) is 3.09. The summed E-state index contributed by atoms with van der Waals surface area (Å²) in [7, 11) is 1.39. The SMILES string of the molecule is CC=CCC(OC)C(=O)O. The van der Waals surface area contributed by atoms with Crippen molar-refractivity contribution in [1.29, 1.82) is 0 Å². The summed E-state index contributed by atoms with van der Waals surface area (Å²) in [4.78, 5) is 10.3. The van der Waals surface area contributed by atoms with Crippen LogP contribution in [0.15, 0.2) is 12.2 Å². The minimum Gasteiger partial charge on any atom is -0.479 e. The number of hydrogen-bond acceptors (Lipinski definition) is 2. The van der Waals surface area contributed by atoms with Gasteiger partial charge in [0.05, 0.1) is 0 Å². The Morgan fingerprint density at radius 1 is 1.80 bits per heavy atom. The molecule has 0 radical (unpaired) electrons. The Morgan fingerprint density at radius 2 is 2.40 bits per heavy atom. The molecule has 0 saturated carbocycles. The standard InChI is InChI=1S/C7H12O3/c1-3-4-5-6(10-2)7(8)9/h3-4,6H,5H2,1-2H3,(H,8,9). The minimum atomic E-state index is -0.916. The van der Waals surface area contributed by atoms with E-state index in [0.717, 1.165) is 0 Å². The number of hydrogen-bond donors (Lipinski definition) is 1. The van der Waals surface area contributed by atoms with Crippen LogP contribution in [-0.4, -0.2) is 24.3 Å². The lowest BCUT2D eigenvalue weighted by molar-refractivity contribution is -0.148. The molecule has 0 rings (SSSR count). The molecule has 0 heterocycles. The van der Waals surface area contributed by atoms with Gasteiger partial charge in [-0.1, -0.05) is 12.2 Å². The average Bonchev–Trinajstić information content (AvgIpc) is 1.89. The third-order valence-corrected chi connectivity index (χ3v) is 1.15. The van der Waals surface area contributed by atoms with Gasteiger partial charge in [0.15, 0.2) is 6.10 Å². The zero-order valence-corrected chi connectivity index (χ0v) is 6.20. The van der Waals surface area contributed by atoms with Gasteiger partial charge < -0.3 is 9.84 Å². The highest BCUT2D eigenvalue weighted by molar-refractivity contribution is 5.72. The van der Waals surface area contributed by atoms with E-state index in [9.17, 15) is 4.79 Å². The van der Waals surface area contributed by atoms with Crippen LogP contribution >= 0.6 is 0 Å². The van der Waals surface area contributed by atoms with Gasteiger partial charge in [-0.3, -0.25) is 0 Å². The Balaban J connectivity index is 3.71. The van der Waals surface area contributed by atoms with Gasteiger partial charge in [-0.05, 0) is 6.92 Å². The van der Waals surface area contributed by atoms with Crippen molar-refractivity contribution < 1.29 is 14.6 Å². The van der Waals surface area contributed by atoms with E-state index in [1.165, 1.54) is 7.11 Å². The van der Waals surface area contributed by atoms with E-state index in [-0.39, 0.29) is 0 Å². The number of methoxy groups -OCH3 is 1. The maximum Gasteiger partial charge on any atom is 0.333 e. The highest BCUT2D eigenvalue weighted by Crippen LogP contribution is 1.97. The monoisotopic (exact) mass is 144 g/mol. The summed E-state index contributed by atoms with van der Waals surface area (Å²) in [6.07, 6.45) is 3.30. The molecule has 3 heteroatoms. The highest BCUT2D eigenvalue weighted by Gasteiger charge is 2.12. The molecular weight excluding hydrogens is 132 g/mol. The molecule has 0 aliphatic rings. The van der Waals surface area contributed by atoms with Crippen LogP contribution in [0.5, 0.6) is 0 Å². The summed E-state index contributed by atoms with van der Waals surface area (Å²) in [5.41, 5.74) is 0. The molecule has 1 unspecified atom stereocenters. The topological polar surface area (TPSA) is 46.5 Å². The Morgan fingerprint density at radius 3 is 2.70 bits per heavy atom. The Hall–Kier alpha value is -0.830. The number of aliphatic carboxylic acids is 1. The van der Waals surface area contributed by atoms with Crippen molar-refractivity contribution in [3.8, 4) is 0 Å². The van der Waals surface area contributed by atoms with Crippen molar-refractivity contribution in [1.82, 2.24) is 0 Å². The molecule has 0 spiro atoms. The molecular formula is C7H12O3. The van der Waals surface area contributed by atoms with E-state index in [4.69, 9.17) is 5.11 Å². The van der Waals surface area contributed by atoms with Gasteiger partial charge in [-0.25, -0.2) is 4.79 Å². The van der Waals surface area contributed by atoms with E-state index in [0.29, 0.717) is 6.42 Å². The summed E-state index contributed by atoms with van der Waals surface area (Å²) in [5.74, 6) is -0.916. The summed E-state index contributed by atoms with van der Waals surface area (Å²) in [6.45, 7) is 1.84. The van der Waals surface area contributed by atoms with Gasteiger partial charge in [0, 0.05) is 13.5 Å². The second-order valence-electron chi connectivity index (χ2n) is 1.87. The molecule has 10 heavy (non-hydrogen) atoms. The summed E-state index contributed by atoms with van der Waals surface area (Å²) in [5, 5.41) is 8.44. The van der Waals surface area contributed by atoms with Crippen molar-refractivity contribution in [2.24, 2.45) is 0 Å². The first-order valence-electron chi connectivity index (χ1n) is 3.09. The summed E-state index contributed by atoms with van der Waals surface area (Å²) < 4.78 is 4.66. The van der Waals surface area contributed by atoms with E-state index in [1.807, 2.05) is 6.92 Å². The van der Waals surface area contributed by atoms with Crippen LogP contribution in [-0.2, 0) is 9.53 Å². The fourth-order valence-electron chi connectivity index (χ4n) is 0.558. The lowest BCUT2D eigenvalue weighted by Gasteiger charge is -2.05. The number of carboxylic acid groups (broad SMARTS) is 1. The van der Waals surface area contributed by atoms with E-state index in [2.05, 4.69) is 4.74 Å². The zero-order chi connectivity index (χ0) is 7.98. The van der Waals surface area contributed by atoms with Crippen LogP contribution in [0.4, 0.5) is 0 Å². The molecule has 0 amide bonds. The van der Waals surface area contributed by atoms with Crippen LogP contribution in [0.25, 0.3) is 0 Å². The fourth-order valence-corrected chi connectivity index (χ4v) is 0.558. The Bertz CT molecular complexity index is 129. The molecule has 3 nitrogen and oxygen atoms in total. The molecule has 0 aromatic heterocycles. The number of rotatable bonds is 4. The molecule has 0 aromatic carbocycles. The van der Waals surface area contributed by atoms with Gasteiger partial charge >= 0.3 is 5.97 Å². The second kappa shape index (κ2) is 4.99. The highest BCUT2D eigenvalue weighted by atomic mass is 16.5. The van der Waals surface area contributed by atoms with Crippen molar-refractivity contribution in [2.75, 3.05) is 7.11 Å². The maximum absolute atomic E-state index is 10.3. The second-order valence-corrected chi connectivity index (χ2v) is 1.87. The first kappa shape index (κ1) is 9.17. The fraction of sp³-hybridized carbons (Fsp3) is 0.571. The third kappa shape index (κ3) is 3.25. The molecule has 0 bridgehead atoms. The van der Waals surface area contributed by atoms with Crippen LogP contribution in [0.1, 0.15) is 13.3 Å². The number of allylic oxidation sites excluding steroid dienone is 1. The molecule has 0 saturated heterocycles. The van der Waals surface area contributed by atoms with Crippen LogP contribution in [0, 0.1) is 0 Å². The molecule has 1 N–H and O–H groups in total. The number of carboxylic acids is 1. The quantitative estimate of drug-likeness (QED) is 0.600. The predicted octanol–water partition coefficient (Wildman–Crippen LogP) is 1.05. The zero-order valence-electron chi connectivity index (χ0n) is 6.20. The van der Waals surface area contributed by atoms with Gasteiger partial charge in [0.2, 0.25) is 0 Å². The van der Waals surface area contributed by atoms with Crippen molar-refractivity contribution in [3.63, 3.8) is 0 Å². The Labute approximate surface area is 60.3 Å². The largest absolute Gasteiger partial charge is 0.479 e. The molecule has 0 fully saturated rings. The molecule has 58 valence electrons. The average molecular weight is 144 g/mol. The normalized spacial score (nSPS) is 13.8. The maximum atomic E-state index is 10.3. The Kier molecular flexibility index (Phi) is 4.58. The van der Waals surface area contributed by atoms with Crippen molar-refractivity contribution in [3.05, 3.63) is 12.2 Å². The summed E-state index contributed by atoms with van der Waals surface area (Å²) >= 11 is 0. The lowest BCUT2D eigenvalue weighted by Crippen LogP contribution is -2.21.